The number of esters is 1. The Labute approximate surface area is 143 Å². The molecule has 1 aromatic heterocycles. The van der Waals surface area contributed by atoms with E-state index in [1.54, 1.807) is 25.1 Å². The summed E-state index contributed by atoms with van der Waals surface area (Å²) in [5.41, 5.74) is 6.69. The van der Waals surface area contributed by atoms with E-state index in [1.807, 2.05) is 18.2 Å². The van der Waals surface area contributed by atoms with Gasteiger partial charge in [0.05, 0.1) is 5.56 Å². The molecule has 0 aliphatic carbocycles. The fraction of sp³-hybridized carbons (Fsp3) is 0.167. The Balaban J connectivity index is 1.65. The fourth-order valence-corrected chi connectivity index (χ4v) is 2.18. The quantitative estimate of drug-likeness (QED) is 0.692. The highest BCUT2D eigenvalue weighted by atomic mass is 16.6. The van der Waals surface area contributed by atoms with Gasteiger partial charge in [-0.2, -0.15) is 0 Å². The smallest absolute Gasteiger partial charge is 0.338 e. The van der Waals surface area contributed by atoms with Gasteiger partial charge in [-0.1, -0.05) is 12.1 Å². The second-order valence-corrected chi connectivity index (χ2v) is 5.35. The first-order chi connectivity index (χ1) is 12.0. The van der Waals surface area contributed by atoms with Gasteiger partial charge in [-0.3, -0.25) is 4.79 Å². The van der Waals surface area contributed by atoms with Crippen molar-refractivity contribution in [3.05, 3.63) is 60.0 Å². The third-order valence-corrected chi connectivity index (χ3v) is 3.41. The Bertz CT molecular complexity index is 868. The maximum Gasteiger partial charge on any atom is 0.338 e. The van der Waals surface area contributed by atoms with E-state index in [0.29, 0.717) is 28.3 Å². The van der Waals surface area contributed by atoms with Gasteiger partial charge in [-0.05, 0) is 43.3 Å². The molecule has 0 aliphatic heterocycles. The van der Waals surface area contributed by atoms with Crippen LogP contribution in [0.25, 0.3) is 11.1 Å². The second-order valence-electron chi connectivity index (χ2n) is 5.35. The number of primary amides is 1. The molecule has 1 atom stereocenters. The van der Waals surface area contributed by atoms with Crippen LogP contribution in [0.5, 0.6) is 5.75 Å². The van der Waals surface area contributed by atoms with Crippen molar-refractivity contribution in [2.24, 2.45) is 5.73 Å². The van der Waals surface area contributed by atoms with Gasteiger partial charge in [-0.25, -0.2) is 9.78 Å². The van der Waals surface area contributed by atoms with Crippen molar-refractivity contribution >= 4 is 23.0 Å². The van der Waals surface area contributed by atoms with Gasteiger partial charge in [0, 0.05) is 0 Å². The molecule has 25 heavy (non-hydrogen) atoms. The monoisotopic (exact) mass is 340 g/mol. The lowest BCUT2D eigenvalue weighted by Crippen LogP contribution is -2.20. The minimum Gasteiger partial charge on any atom is -0.484 e. The van der Waals surface area contributed by atoms with E-state index in [9.17, 15) is 9.59 Å². The molecule has 0 bridgehead atoms. The molecule has 0 saturated carbocycles. The lowest BCUT2D eigenvalue weighted by atomic mass is 10.2. The average Bonchev–Trinajstić information content (AvgIpc) is 3.04. The van der Waals surface area contributed by atoms with Crippen LogP contribution < -0.4 is 10.5 Å². The predicted octanol–water partition coefficient (Wildman–Crippen LogP) is 2.61. The topological polar surface area (TPSA) is 105 Å². The van der Waals surface area contributed by atoms with Crippen LogP contribution in [-0.2, 0) is 9.53 Å². The summed E-state index contributed by atoms with van der Waals surface area (Å²) in [6, 6.07) is 13.5. The summed E-state index contributed by atoms with van der Waals surface area (Å²) in [5, 5.41) is 0. The Kier molecular flexibility index (Phi) is 4.65. The number of rotatable bonds is 6. The number of benzene rings is 2. The molecule has 0 radical (unpaired) electrons. The number of nitrogens with zero attached hydrogens (tertiary/aromatic N) is 1. The number of carbonyl (C=O) groups excluding carboxylic acids is 2. The number of carbonyl (C=O) groups is 2. The summed E-state index contributed by atoms with van der Waals surface area (Å²) in [7, 11) is 0. The normalized spacial score (nSPS) is 11.9. The first-order valence-corrected chi connectivity index (χ1v) is 7.60. The van der Waals surface area contributed by atoms with Crippen molar-refractivity contribution in [1.82, 2.24) is 4.98 Å². The maximum absolute atomic E-state index is 12.2. The van der Waals surface area contributed by atoms with Crippen LogP contribution in [-0.4, -0.2) is 23.5 Å². The molecule has 7 heteroatoms. The highest BCUT2D eigenvalue weighted by Crippen LogP contribution is 2.23. The van der Waals surface area contributed by atoms with Gasteiger partial charge in [0.25, 0.3) is 5.91 Å². The Morgan fingerprint density at radius 3 is 2.56 bits per heavy atom. The van der Waals surface area contributed by atoms with Crippen molar-refractivity contribution in [3.63, 3.8) is 0 Å². The number of amides is 1. The minimum atomic E-state index is -0.634. The van der Waals surface area contributed by atoms with Gasteiger partial charge in [-0.15, -0.1) is 0 Å². The number of para-hydroxylation sites is 2. The summed E-state index contributed by atoms with van der Waals surface area (Å²) in [6.07, 6.45) is -0.634. The van der Waals surface area contributed by atoms with Gasteiger partial charge in [0.1, 0.15) is 11.3 Å². The van der Waals surface area contributed by atoms with Gasteiger partial charge < -0.3 is 19.6 Å². The second kappa shape index (κ2) is 7.04. The van der Waals surface area contributed by atoms with E-state index < -0.39 is 18.0 Å². The van der Waals surface area contributed by atoms with Gasteiger partial charge >= 0.3 is 5.97 Å². The van der Waals surface area contributed by atoms with Crippen molar-refractivity contribution < 1.29 is 23.5 Å². The highest BCUT2D eigenvalue weighted by molar-refractivity contribution is 5.89. The van der Waals surface area contributed by atoms with Gasteiger partial charge in [0.15, 0.2) is 18.3 Å². The molecule has 1 amide bonds. The molecule has 0 fully saturated rings. The molecule has 1 heterocycles. The first-order valence-electron chi connectivity index (χ1n) is 7.60. The zero-order valence-electron chi connectivity index (χ0n) is 13.5. The Morgan fingerprint density at radius 2 is 1.88 bits per heavy atom. The van der Waals surface area contributed by atoms with Crippen LogP contribution in [0.2, 0.25) is 0 Å². The highest BCUT2D eigenvalue weighted by Gasteiger charge is 2.19. The van der Waals surface area contributed by atoms with Crippen molar-refractivity contribution in [2.75, 3.05) is 6.61 Å². The number of ether oxygens (including phenoxy) is 2. The summed E-state index contributed by atoms with van der Waals surface area (Å²) in [6.45, 7) is 1.46. The lowest BCUT2D eigenvalue weighted by Gasteiger charge is -2.10. The molecule has 0 saturated heterocycles. The Morgan fingerprint density at radius 1 is 1.16 bits per heavy atom. The fourth-order valence-electron chi connectivity index (χ4n) is 2.18. The first kappa shape index (κ1) is 16.5. The molecule has 128 valence electrons. The van der Waals surface area contributed by atoms with E-state index in [1.165, 1.54) is 12.1 Å². The van der Waals surface area contributed by atoms with Crippen molar-refractivity contribution in [2.45, 2.75) is 13.0 Å². The lowest BCUT2D eigenvalue weighted by molar-refractivity contribution is -0.119. The molecule has 0 spiro atoms. The predicted molar refractivity (Wildman–Crippen MR) is 89.0 cm³/mol. The molecular formula is C18H16N2O5. The summed E-state index contributed by atoms with van der Waals surface area (Å²) in [4.78, 5) is 27.2. The zero-order valence-corrected chi connectivity index (χ0v) is 13.5. The average molecular weight is 340 g/mol. The largest absolute Gasteiger partial charge is 0.484 e. The van der Waals surface area contributed by atoms with Crippen LogP contribution in [0.4, 0.5) is 0 Å². The number of fused-ring (bicyclic) bond motifs is 1. The minimum absolute atomic E-state index is 0.224. The zero-order chi connectivity index (χ0) is 17.8. The summed E-state index contributed by atoms with van der Waals surface area (Å²) < 4.78 is 16.1. The van der Waals surface area contributed by atoms with Crippen LogP contribution in [0, 0.1) is 0 Å². The molecule has 3 rings (SSSR count). The summed E-state index contributed by atoms with van der Waals surface area (Å²) >= 11 is 0. The molecule has 2 N–H and O–H groups in total. The van der Waals surface area contributed by atoms with Crippen LogP contribution >= 0.6 is 0 Å². The van der Waals surface area contributed by atoms with E-state index in [4.69, 9.17) is 19.6 Å². The molecular weight excluding hydrogens is 324 g/mol. The standard InChI is InChI=1S/C18H16N2O5/c1-11(17-20-14-4-2-3-5-15(14)25-17)24-18(22)12-6-8-13(9-7-12)23-10-16(19)21/h2-9,11H,10H2,1H3,(H2,19,21)/t11-/m1/s1. The third-order valence-electron chi connectivity index (χ3n) is 3.41. The van der Waals surface area contributed by atoms with Crippen LogP contribution in [0.15, 0.2) is 52.9 Å². The molecule has 3 aromatic rings. The molecule has 2 aromatic carbocycles. The van der Waals surface area contributed by atoms with Crippen LogP contribution in [0.1, 0.15) is 29.3 Å². The third kappa shape index (κ3) is 3.95. The van der Waals surface area contributed by atoms with E-state index in [0.717, 1.165) is 0 Å². The van der Waals surface area contributed by atoms with Crippen molar-refractivity contribution in [1.29, 1.82) is 0 Å². The number of hydrogen-bond acceptors (Lipinski definition) is 6. The number of aromatic nitrogens is 1. The van der Waals surface area contributed by atoms with E-state index in [2.05, 4.69) is 4.98 Å². The number of hydrogen-bond donors (Lipinski definition) is 1. The maximum atomic E-state index is 12.2. The molecule has 0 aliphatic rings. The van der Waals surface area contributed by atoms with E-state index in [-0.39, 0.29) is 6.61 Å². The van der Waals surface area contributed by atoms with Gasteiger partial charge in [0.2, 0.25) is 5.89 Å². The van der Waals surface area contributed by atoms with Crippen molar-refractivity contribution in [3.8, 4) is 5.75 Å². The van der Waals surface area contributed by atoms with Crippen LogP contribution in [0.3, 0.4) is 0 Å². The van der Waals surface area contributed by atoms with E-state index >= 15 is 0 Å². The summed E-state index contributed by atoms with van der Waals surface area (Å²) in [5.74, 6) is -0.329. The SMILES string of the molecule is C[C@@H](OC(=O)c1ccc(OCC(N)=O)cc1)c1nc2ccccc2o1. The number of nitrogens with two attached hydrogens (primary N) is 1. The Hall–Kier alpha value is -3.35. The number of oxazole rings is 1. The molecule has 7 nitrogen and oxygen atoms in total. The molecule has 0 unspecified atom stereocenters.